The number of amides is 2. The average Bonchev–Trinajstić information content (AvgIpc) is 3.05. The quantitative estimate of drug-likeness (QED) is 0.940. The molecule has 1 aliphatic heterocycles. The number of hydrogen-bond donors (Lipinski definition) is 1. The number of aryl methyl sites for hydroxylation is 2. The van der Waals surface area contributed by atoms with Gasteiger partial charge >= 0.3 is 0 Å². The Hall–Kier alpha value is -2.70. The number of benzene rings is 1. The second kappa shape index (κ2) is 5.83. The maximum Gasteiger partial charge on any atom is 0.229 e. The molecule has 0 saturated carbocycles. The van der Waals surface area contributed by atoms with Crippen LogP contribution in [0.5, 0.6) is 0 Å². The lowest BCUT2D eigenvalue weighted by atomic mass is 10.1. The summed E-state index contributed by atoms with van der Waals surface area (Å²) in [7, 11) is 1.75. The predicted molar refractivity (Wildman–Crippen MR) is 83.4 cm³/mol. The molecular formula is C16H17FN4O2. The van der Waals surface area contributed by atoms with Gasteiger partial charge in [0.05, 0.1) is 23.5 Å². The molecule has 6 nitrogen and oxygen atoms in total. The fourth-order valence-electron chi connectivity index (χ4n) is 2.68. The summed E-state index contributed by atoms with van der Waals surface area (Å²) in [6.07, 6.45) is 3.28. The number of nitrogens with one attached hydrogen (secondary N) is 1. The van der Waals surface area contributed by atoms with Crippen LogP contribution in [0.3, 0.4) is 0 Å². The van der Waals surface area contributed by atoms with Gasteiger partial charge in [0.15, 0.2) is 0 Å². The topological polar surface area (TPSA) is 67.2 Å². The van der Waals surface area contributed by atoms with Crippen molar-refractivity contribution >= 4 is 23.2 Å². The number of nitrogens with zero attached hydrogens (tertiary/aromatic N) is 3. The third-order valence-electron chi connectivity index (χ3n) is 3.86. The number of halogens is 1. The van der Waals surface area contributed by atoms with Gasteiger partial charge in [-0.3, -0.25) is 14.3 Å². The van der Waals surface area contributed by atoms with Gasteiger partial charge < -0.3 is 10.2 Å². The SMILES string of the molecule is Cc1ccc(N2C[C@@H](C(=O)Nc3cnn(C)c3)CC2=O)c(F)c1. The summed E-state index contributed by atoms with van der Waals surface area (Å²) in [5.41, 5.74) is 1.57. The Bertz CT molecular complexity index is 771. The van der Waals surface area contributed by atoms with Crippen LogP contribution in [0, 0.1) is 18.7 Å². The number of carbonyl (C=O) groups is 2. The molecule has 120 valence electrons. The van der Waals surface area contributed by atoms with Crippen LogP contribution in [0.15, 0.2) is 30.6 Å². The summed E-state index contributed by atoms with van der Waals surface area (Å²) in [6, 6.07) is 4.70. The van der Waals surface area contributed by atoms with Crippen molar-refractivity contribution in [3.05, 3.63) is 42.0 Å². The van der Waals surface area contributed by atoms with E-state index in [1.54, 1.807) is 37.0 Å². The zero-order valence-corrected chi connectivity index (χ0v) is 12.9. The first-order valence-electron chi connectivity index (χ1n) is 7.30. The van der Waals surface area contributed by atoms with Crippen molar-refractivity contribution < 1.29 is 14.0 Å². The van der Waals surface area contributed by atoms with Crippen LogP contribution in [-0.4, -0.2) is 28.1 Å². The predicted octanol–water partition coefficient (Wildman–Crippen LogP) is 1.86. The summed E-state index contributed by atoms with van der Waals surface area (Å²) in [4.78, 5) is 25.7. The Kier molecular flexibility index (Phi) is 3.85. The molecule has 0 spiro atoms. The highest BCUT2D eigenvalue weighted by Crippen LogP contribution is 2.28. The summed E-state index contributed by atoms with van der Waals surface area (Å²) in [5.74, 6) is -1.48. The fraction of sp³-hybridized carbons (Fsp3) is 0.312. The zero-order valence-electron chi connectivity index (χ0n) is 12.9. The number of hydrogen-bond acceptors (Lipinski definition) is 3. The molecule has 1 atom stereocenters. The van der Waals surface area contributed by atoms with E-state index in [0.29, 0.717) is 5.69 Å². The highest BCUT2D eigenvalue weighted by molar-refractivity contribution is 6.03. The minimum Gasteiger partial charge on any atom is -0.323 e. The molecule has 1 saturated heterocycles. The van der Waals surface area contributed by atoms with Crippen LogP contribution < -0.4 is 10.2 Å². The Morgan fingerprint density at radius 2 is 2.22 bits per heavy atom. The summed E-state index contributed by atoms with van der Waals surface area (Å²) in [5, 5.41) is 6.69. The molecule has 7 heteroatoms. The van der Waals surface area contributed by atoms with E-state index in [1.807, 2.05) is 0 Å². The van der Waals surface area contributed by atoms with Crippen LogP contribution in [0.2, 0.25) is 0 Å². The van der Waals surface area contributed by atoms with Crippen molar-refractivity contribution in [2.24, 2.45) is 13.0 Å². The highest BCUT2D eigenvalue weighted by atomic mass is 19.1. The summed E-state index contributed by atoms with van der Waals surface area (Å²) < 4.78 is 15.6. The smallest absolute Gasteiger partial charge is 0.229 e. The molecule has 1 N–H and O–H groups in total. The normalized spacial score (nSPS) is 17.6. The van der Waals surface area contributed by atoms with E-state index < -0.39 is 11.7 Å². The third-order valence-corrected chi connectivity index (χ3v) is 3.86. The molecular weight excluding hydrogens is 299 g/mol. The van der Waals surface area contributed by atoms with E-state index >= 15 is 0 Å². The number of aromatic nitrogens is 2. The van der Waals surface area contributed by atoms with E-state index in [2.05, 4.69) is 10.4 Å². The maximum absolute atomic E-state index is 14.0. The first kappa shape index (κ1) is 15.2. The Labute approximate surface area is 132 Å². The molecule has 2 aromatic rings. The molecule has 0 radical (unpaired) electrons. The van der Waals surface area contributed by atoms with Crippen molar-refractivity contribution in [3.63, 3.8) is 0 Å². The lowest BCUT2D eigenvalue weighted by Gasteiger charge is -2.17. The Balaban J connectivity index is 1.73. The molecule has 0 unspecified atom stereocenters. The minimum atomic E-state index is -0.511. The van der Waals surface area contributed by atoms with Crippen molar-refractivity contribution in [3.8, 4) is 0 Å². The second-order valence-electron chi connectivity index (χ2n) is 5.75. The highest BCUT2D eigenvalue weighted by Gasteiger charge is 2.36. The van der Waals surface area contributed by atoms with E-state index in [1.165, 1.54) is 17.2 Å². The van der Waals surface area contributed by atoms with E-state index in [0.717, 1.165) is 5.56 Å². The van der Waals surface area contributed by atoms with Gasteiger partial charge in [0.1, 0.15) is 5.82 Å². The van der Waals surface area contributed by atoms with Gasteiger partial charge in [0.2, 0.25) is 11.8 Å². The second-order valence-corrected chi connectivity index (χ2v) is 5.75. The number of carbonyl (C=O) groups excluding carboxylic acids is 2. The Morgan fingerprint density at radius 1 is 1.43 bits per heavy atom. The van der Waals surface area contributed by atoms with Crippen LogP contribution in [0.25, 0.3) is 0 Å². The van der Waals surface area contributed by atoms with E-state index in [4.69, 9.17) is 0 Å². The summed E-state index contributed by atoms with van der Waals surface area (Å²) in [6.45, 7) is 1.95. The van der Waals surface area contributed by atoms with Crippen LogP contribution in [0.4, 0.5) is 15.8 Å². The molecule has 1 aromatic heterocycles. The first-order valence-corrected chi connectivity index (χ1v) is 7.30. The van der Waals surface area contributed by atoms with Gasteiger partial charge in [0.25, 0.3) is 0 Å². The van der Waals surface area contributed by atoms with Gasteiger partial charge in [-0.1, -0.05) is 6.07 Å². The van der Waals surface area contributed by atoms with Crippen LogP contribution in [0.1, 0.15) is 12.0 Å². The average molecular weight is 316 g/mol. The first-order chi connectivity index (χ1) is 10.9. The van der Waals surface area contributed by atoms with Crippen LogP contribution >= 0.6 is 0 Å². The van der Waals surface area contributed by atoms with Gasteiger partial charge in [0, 0.05) is 26.2 Å². The molecule has 1 fully saturated rings. The third kappa shape index (κ3) is 3.08. The molecule has 23 heavy (non-hydrogen) atoms. The van der Waals surface area contributed by atoms with Crippen molar-refractivity contribution in [1.82, 2.24) is 9.78 Å². The molecule has 2 amide bonds. The van der Waals surface area contributed by atoms with Gasteiger partial charge in [-0.15, -0.1) is 0 Å². The molecule has 2 heterocycles. The molecule has 3 rings (SSSR count). The molecule has 1 aromatic carbocycles. The van der Waals surface area contributed by atoms with Crippen molar-refractivity contribution in [2.45, 2.75) is 13.3 Å². The minimum absolute atomic E-state index is 0.0689. The lowest BCUT2D eigenvalue weighted by molar-refractivity contribution is -0.122. The van der Waals surface area contributed by atoms with Crippen molar-refractivity contribution in [1.29, 1.82) is 0 Å². The van der Waals surface area contributed by atoms with E-state index in [-0.39, 0.29) is 30.5 Å². The Morgan fingerprint density at radius 3 is 2.87 bits per heavy atom. The van der Waals surface area contributed by atoms with Gasteiger partial charge in [-0.25, -0.2) is 4.39 Å². The lowest BCUT2D eigenvalue weighted by Crippen LogP contribution is -2.28. The summed E-state index contributed by atoms with van der Waals surface area (Å²) >= 11 is 0. The van der Waals surface area contributed by atoms with Crippen LogP contribution in [-0.2, 0) is 16.6 Å². The maximum atomic E-state index is 14.0. The molecule has 0 bridgehead atoms. The van der Waals surface area contributed by atoms with Gasteiger partial charge in [-0.05, 0) is 24.6 Å². The van der Waals surface area contributed by atoms with Crippen molar-refractivity contribution in [2.75, 3.05) is 16.8 Å². The van der Waals surface area contributed by atoms with E-state index in [9.17, 15) is 14.0 Å². The standard InChI is InChI=1S/C16H17FN4O2/c1-10-3-4-14(13(17)5-10)21-8-11(6-15(21)22)16(23)19-12-7-18-20(2)9-12/h3-5,7,9,11H,6,8H2,1-2H3,(H,19,23)/t11-/m0/s1. The monoisotopic (exact) mass is 316 g/mol. The number of anilines is 2. The fourth-order valence-corrected chi connectivity index (χ4v) is 2.68. The van der Waals surface area contributed by atoms with Gasteiger partial charge in [-0.2, -0.15) is 5.10 Å². The molecule has 0 aliphatic carbocycles. The largest absolute Gasteiger partial charge is 0.323 e. The molecule has 1 aliphatic rings. The number of rotatable bonds is 3. The zero-order chi connectivity index (χ0) is 16.6.